The minimum atomic E-state index is 0.604. The highest BCUT2D eigenvalue weighted by molar-refractivity contribution is 5.79. The molecule has 0 aliphatic carbocycles. The number of aliphatic imine (C=N–C) groups is 1. The lowest BCUT2D eigenvalue weighted by Crippen LogP contribution is -2.38. The third-order valence-corrected chi connectivity index (χ3v) is 2.39. The summed E-state index contributed by atoms with van der Waals surface area (Å²) in [5.41, 5.74) is 0. The summed E-state index contributed by atoms with van der Waals surface area (Å²) in [6, 6.07) is 0. The second-order valence-corrected chi connectivity index (χ2v) is 4.80. The normalized spacial score (nSPS) is 11.9. The Morgan fingerprint density at radius 3 is 2.11 bits per heavy atom. The zero-order chi connectivity index (χ0) is 14.3. The summed E-state index contributed by atoms with van der Waals surface area (Å²) in [6.45, 7) is 11.3. The molecule has 0 fully saturated rings. The highest BCUT2D eigenvalue weighted by Crippen LogP contribution is 1.92. The molecule has 0 unspecified atom stereocenters. The van der Waals surface area contributed by atoms with E-state index in [1.165, 1.54) is 0 Å². The van der Waals surface area contributed by atoms with Crippen molar-refractivity contribution in [3.63, 3.8) is 0 Å². The van der Waals surface area contributed by atoms with Crippen LogP contribution in [0.15, 0.2) is 4.99 Å². The predicted octanol–water partition coefficient (Wildman–Crippen LogP) is 1.64. The lowest BCUT2D eigenvalue weighted by Gasteiger charge is -2.12. The zero-order valence-electron chi connectivity index (χ0n) is 13.0. The van der Waals surface area contributed by atoms with Crippen molar-refractivity contribution >= 4 is 5.96 Å². The van der Waals surface area contributed by atoms with Crippen LogP contribution >= 0.6 is 0 Å². The summed E-state index contributed by atoms with van der Waals surface area (Å²) in [6.07, 6.45) is 1.98. The monoisotopic (exact) mass is 273 g/mol. The first-order chi connectivity index (χ1) is 9.20. The van der Waals surface area contributed by atoms with Crippen LogP contribution in [-0.2, 0) is 9.47 Å². The molecule has 0 spiro atoms. The van der Waals surface area contributed by atoms with Gasteiger partial charge in [-0.1, -0.05) is 13.8 Å². The lowest BCUT2D eigenvalue weighted by molar-refractivity contribution is 0.108. The first kappa shape index (κ1) is 18.2. The van der Waals surface area contributed by atoms with Crippen LogP contribution in [-0.4, -0.2) is 52.5 Å². The molecular formula is C14H31N3O2. The van der Waals surface area contributed by atoms with Crippen LogP contribution in [0.25, 0.3) is 0 Å². The van der Waals surface area contributed by atoms with Crippen LogP contribution in [0.2, 0.25) is 0 Å². The van der Waals surface area contributed by atoms with Gasteiger partial charge in [0, 0.05) is 46.6 Å². The van der Waals surface area contributed by atoms with Crippen molar-refractivity contribution < 1.29 is 9.47 Å². The van der Waals surface area contributed by atoms with Gasteiger partial charge in [-0.25, -0.2) is 0 Å². The molecule has 2 N–H and O–H groups in total. The number of rotatable bonds is 11. The van der Waals surface area contributed by atoms with Crippen LogP contribution in [0.3, 0.4) is 0 Å². The molecule has 5 heteroatoms. The summed E-state index contributed by atoms with van der Waals surface area (Å²) in [5.74, 6) is 1.45. The zero-order valence-corrected chi connectivity index (χ0v) is 13.0. The number of hydrogen-bond donors (Lipinski definition) is 2. The Kier molecular flexibility index (Phi) is 13.0. The Bertz CT molecular complexity index is 221. The van der Waals surface area contributed by atoms with Crippen LogP contribution in [0.1, 0.15) is 33.6 Å². The van der Waals surface area contributed by atoms with Crippen LogP contribution in [0.5, 0.6) is 0 Å². The molecule has 0 amide bonds. The van der Waals surface area contributed by atoms with E-state index in [-0.39, 0.29) is 0 Å². The van der Waals surface area contributed by atoms with E-state index in [1.54, 1.807) is 7.05 Å². The quantitative estimate of drug-likeness (QED) is 0.341. The van der Waals surface area contributed by atoms with Crippen molar-refractivity contribution in [3.05, 3.63) is 0 Å². The van der Waals surface area contributed by atoms with Gasteiger partial charge in [0.2, 0.25) is 0 Å². The van der Waals surface area contributed by atoms with Crippen molar-refractivity contribution in [1.29, 1.82) is 0 Å². The first-order valence-corrected chi connectivity index (χ1v) is 7.30. The molecule has 5 nitrogen and oxygen atoms in total. The Morgan fingerprint density at radius 1 is 1.05 bits per heavy atom. The number of nitrogens with zero attached hydrogens (tertiary/aromatic N) is 1. The van der Waals surface area contributed by atoms with Gasteiger partial charge in [-0.2, -0.15) is 0 Å². The molecule has 0 aliphatic rings. The first-order valence-electron chi connectivity index (χ1n) is 7.30. The summed E-state index contributed by atoms with van der Waals surface area (Å²) in [7, 11) is 1.78. The molecule has 19 heavy (non-hydrogen) atoms. The predicted molar refractivity (Wildman–Crippen MR) is 80.7 cm³/mol. The molecule has 0 aromatic rings. The Morgan fingerprint density at radius 2 is 1.63 bits per heavy atom. The fourth-order valence-electron chi connectivity index (χ4n) is 1.45. The minimum absolute atomic E-state index is 0.604. The SMILES string of the molecule is CCOCCCNC(=NC)NCCCOCC(C)C. The van der Waals surface area contributed by atoms with Crippen LogP contribution in [0, 0.1) is 5.92 Å². The number of nitrogens with one attached hydrogen (secondary N) is 2. The number of guanidine groups is 1. The maximum atomic E-state index is 5.52. The molecule has 0 bridgehead atoms. The lowest BCUT2D eigenvalue weighted by atomic mass is 10.2. The van der Waals surface area contributed by atoms with Crippen LogP contribution in [0.4, 0.5) is 0 Å². The fraction of sp³-hybridized carbons (Fsp3) is 0.929. The van der Waals surface area contributed by atoms with Gasteiger partial charge in [-0.3, -0.25) is 4.99 Å². The highest BCUT2D eigenvalue weighted by atomic mass is 16.5. The summed E-state index contributed by atoms with van der Waals surface area (Å²) in [5, 5.41) is 6.52. The topological polar surface area (TPSA) is 54.9 Å². The standard InChI is InChI=1S/C14H31N3O2/c1-5-18-10-6-8-16-14(15-4)17-9-7-11-19-12-13(2)3/h13H,5-12H2,1-4H3,(H2,15,16,17). The van der Waals surface area contributed by atoms with Gasteiger partial charge >= 0.3 is 0 Å². The average Bonchev–Trinajstić information content (AvgIpc) is 2.39. The fourth-order valence-corrected chi connectivity index (χ4v) is 1.45. The molecule has 0 aliphatic heterocycles. The van der Waals surface area contributed by atoms with Gasteiger partial charge in [0.05, 0.1) is 0 Å². The van der Waals surface area contributed by atoms with Gasteiger partial charge in [-0.05, 0) is 25.7 Å². The average molecular weight is 273 g/mol. The molecule has 114 valence electrons. The Labute approximate surface area is 118 Å². The number of ether oxygens (including phenoxy) is 2. The molecular weight excluding hydrogens is 242 g/mol. The number of hydrogen-bond acceptors (Lipinski definition) is 3. The van der Waals surface area contributed by atoms with Crippen molar-refractivity contribution in [1.82, 2.24) is 10.6 Å². The van der Waals surface area contributed by atoms with E-state index in [1.807, 2.05) is 6.92 Å². The van der Waals surface area contributed by atoms with Gasteiger partial charge in [0.25, 0.3) is 0 Å². The van der Waals surface area contributed by atoms with Gasteiger partial charge < -0.3 is 20.1 Å². The molecule has 0 aromatic carbocycles. The van der Waals surface area contributed by atoms with Crippen molar-refractivity contribution in [2.24, 2.45) is 10.9 Å². The molecule has 0 radical (unpaired) electrons. The van der Waals surface area contributed by atoms with E-state index < -0.39 is 0 Å². The van der Waals surface area contributed by atoms with E-state index in [0.717, 1.165) is 58.3 Å². The molecule has 0 atom stereocenters. The summed E-state index contributed by atoms with van der Waals surface area (Å²) >= 11 is 0. The third-order valence-electron chi connectivity index (χ3n) is 2.39. The van der Waals surface area contributed by atoms with E-state index in [0.29, 0.717) is 5.92 Å². The smallest absolute Gasteiger partial charge is 0.190 e. The Balaban J connectivity index is 3.40. The van der Waals surface area contributed by atoms with Gasteiger partial charge in [0.1, 0.15) is 0 Å². The van der Waals surface area contributed by atoms with Crippen molar-refractivity contribution in [2.75, 3.05) is 46.6 Å². The van der Waals surface area contributed by atoms with E-state index in [2.05, 4.69) is 29.5 Å². The molecule has 0 saturated heterocycles. The maximum Gasteiger partial charge on any atom is 0.190 e. The second kappa shape index (κ2) is 13.6. The van der Waals surface area contributed by atoms with Crippen molar-refractivity contribution in [3.8, 4) is 0 Å². The van der Waals surface area contributed by atoms with Crippen LogP contribution < -0.4 is 10.6 Å². The van der Waals surface area contributed by atoms with E-state index in [9.17, 15) is 0 Å². The highest BCUT2D eigenvalue weighted by Gasteiger charge is 1.97. The molecule has 0 aromatic heterocycles. The van der Waals surface area contributed by atoms with Crippen molar-refractivity contribution in [2.45, 2.75) is 33.6 Å². The second-order valence-electron chi connectivity index (χ2n) is 4.80. The maximum absolute atomic E-state index is 5.52. The minimum Gasteiger partial charge on any atom is -0.382 e. The largest absolute Gasteiger partial charge is 0.382 e. The van der Waals surface area contributed by atoms with E-state index >= 15 is 0 Å². The molecule has 0 heterocycles. The van der Waals surface area contributed by atoms with Gasteiger partial charge in [0.15, 0.2) is 5.96 Å². The van der Waals surface area contributed by atoms with E-state index in [4.69, 9.17) is 9.47 Å². The molecule has 0 saturated carbocycles. The third kappa shape index (κ3) is 13.4. The summed E-state index contributed by atoms with van der Waals surface area (Å²) in [4.78, 5) is 4.16. The Hall–Kier alpha value is -0.810. The summed E-state index contributed by atoms with van der Waals surface area (Å²) < 4.78 is 10.8. The molecule has 0 rings (SSSR count). The van der Waals surface area contributed by atoms with Gasteiger partial charge in [-0.15, -0.1) is 0 Å².